The molecular weight excluding hydrogens is 444 g/mol. The van der Waals surface area contributed by atoms with Crippen LogP contribution in [-0.2, 0) is 29.6 Å². The summed E-state index contributed by atoms with van der Waals surface area (Å²) < 4.78 is 28.5. The van der Waals surface area contributed by atoms with Crippen molar-refractivity contribution in [2.24, 2.45) is 0 Å². The van der Waals surface area contributed by atoms with Gasteiger partial charge in [0.25, 0.3) is 0 Å². The van der Waals surface area contributed by atoms with Crippen LogP contribution in [0.2, 0.25) is 0 Å². The molecule has 0 aliphatic carbocycles. The van der Waals surface area contributed by atoms with Crippen LogP contribution in [0.1, 0.15) is 44.6 Å². The van der Waals surface area contributed by atoms with Crippen molar-refractivity contribution in [2.45, 2.75) is 49.3 Å². The van der Waals surface area contributed by atoms with Crippen molar-refractivity contribution in [2.75, 3.05) is 18.2 Å². The highest BCUT2D eigenvalue weighted by molar-refractivity contribution is 7.90. The Balaban J connectivity index is 1.48. The summed E-state index contributed by atoms with van der Waals surface area (Å²) in [6, 6.07) is 13.3. The van der Waals surface area contributed by atoms with E-state index in [-0.39, 0.29) is 29.0 Å². The Labute approximate surface area is 193 Å². The Kier molecular flexibility index (Phi) is 7.53. The summed E-state index contributed by atoms with van der Waals surface area (Å²) in [6.07, 6.45) is 3.25. The first-order chi connectivity index (χ1) is 15.6. The maximum Gasteiger partial charge on any atom is 0.237 e. The van der Waals surface area contributed by atoms with Crippen LogP contribution in [0, 0.1) is 0 Å². The quantitative estimate of drug-likeness (QED) is 0.428. The summed E-state index contributed by atoms with van der Waals surface area (Å²) in [7, 11) is -3.25. The van der Waals surface area contributed by atoms with Gasteiger partial charge >= 0.3 is 0 Å². The van der Waals surface area contributed by atoms with Gasteiger partial charge in [-0.15, -0.1) is 0 Å². The van der Waals surface area contributed by atoms with Gasteiger partial charge in [-0.25, -0.2) is 8.42 Å². The van der Waals surface area contributed by atoms with Crippen LogP contribution < -0.4 is 15.4 Å². The number of sulfone groups is 1. The summed E-state index contributed by atoms with van der Waals surface area (Å²) in [4.78, 5) is 36.5. The lowest BCUT2D eigenvalue weighted by Gasteiger charge is -2.35. The molecule has 8 nitrogen and oxygen atoms in total. The van der Waals surface area contributed by atoms with E-state index in [1.807, 2.05) is 19.1 Å². The number of carbonyl (C=O) groups is 3. The molecular formula is C24H28N2O6S. The normalized spacial score (nSPS) is 18.5. The summed E-state index contributed by atoms with van der Waals surface area (Å²) in [5.74, 6) is -0.145. The van der Waals surface area contributed by atoms with Gasteiger partial charge in [0, 0.05) is 24.8 Å². The summed E-state index contributed by atoms with van der Waals surface area (Å²) in [6.45, 7) is 2.24. The molecule has 1 atom stereocenters. The average Bonchev–Trinajstić information content (AvgIpc) is 2.78. The third-order valence-electron chi connectivity index (χ3n) is 5.86. The van der Waals surface area contributed by atoms with Gasteiger partial charge in [0.05, 0.1) is 16.9 Å². The van der Waals surface area contributed by atoms with E-state index in [9.17, 15) is 22.8 Å². The fourth-order valence-corrected chi connectivity index (χ4v) is 4.50. The number of piperidine rings is 1. The second-order valence-electron chi connectivity index (χ2n) is 8.13. The minimum absolute atomic E-state index is 0.162. The van der Waals surface area contributed by atoms with E-state index in [0.29, 0.717) is 43.7 Å². The number of imide groups is 1. The van der Waals surface area contributed by atoms with E-state index in [0.717, 1.165) is 11.8 Å². The number of carbonyl (C=O) groups excluding carboxylic acids is 3. The fourth-order valence-electron chi connectivity index (χ4n) is 3.87. The van der Waals surface area contributed by atoms with E-state index < -0.39 is 15.3 Å². The standard InChI is InChI=1S/C24H28N2O6S/c1-3-24(15-14-22(28)26-23(24)29)17-6-8-18(9-7-17)25-21(27)5-4-16-32-19-10-12-20(13-11-19)33(2,30)31/h6-13H,3-5,14-16H2,1-2H3,(H,25,27)(H,26,28,29). The van der Waals surface area contributed by atoms with Crippen molar-refractivity contribution in [1.82, 2.24) is 5.32 Å². The van der Waals surface area contributed by atoms with Crippen molar-refractivity contribution in [3.8, 4) is 5.75 Å². The molecule has 0 radical (unpaired) electrons. The van der Waals surface area contributed by atoms with Gasteiger partial charge in [0.2, 0.25) is 17.7 Å². The number of rotatable bonds is 9. The van der Waals surface area contributed by atoms with Crippen molar-refractivity contribution in [1.29, 1.82) is 0 Å². The van der Waals surface area contributed by atoms with E-state index >= 15 is 0 Å². The molecule has 2 aromatic carbocycles. The highest BCUT2D eigenvalue weighted by Crippen LogP contribution is 2.36. The number of hydrogen-bond acceptors (Lipinski definition) is 6. The first kappa shape index (κ1) is 24.4. The Morgan fingerprint density at radius 2 is 1.76 bits per heavy atom. The van der Waals surface area contributed by atoms with Crippen LogP contribution in [0.25, 0.3) is 0 Å². The first-order valence-electron chi connectivity index (χ1n) is 10.8. The van der Waals surface area contributed by atoms with E-state index in [1.165, 1.54) is 12.1 Å². The van der Waals surface area contributed by atoms with Crippen LogP contribution in [-0.4, -0.2) is 39.0 Å². The second-order valence-corrected chi connectivity index (χ2v) is 10.1. The van der Waals surface area contributed by atoms with Crippen molar-refractivity contribution in [3.05, 3.63) is 54.1 Å². The molecule has 0 aromatic heterocycles. The zero-order valence-electron chi connectivity index (χ0n) is 18.7. The Morgan fingerprint density at radius 3 is 2.33 bits per heavy atom. The lowest BCUT2D eigenvalue weighted by Crippen LogP contribution is -2.51. The van der Waals surface area contributed by atoms with Crippen molar-refractivity contribution < 1.29 is 27.5 Å². The second kappa shape index (κ2) is 10.2. The minimum atomic E-state index is -3.25. The Bertz CT molecular complexity index is 1130. The molecule has 176 valence electrons. The fraction of sp³-hybridized carbons (Fsp3) is 0.375. The third kappa shape index (κ3) is 5.98. The molecule has 1 saturated heterocycles. The van der Waals surface area contributed by atoms with Crippen LogP contribution in [0.5, 0.6) is 5.75 Å². The maximum absolute atomic E-state index is 12.5. The van der Waals surface area contributed by atoms with Gasteiger partial charge < -0.3 is 10.1 Å². The number of ether oxygens (including phenoxy) is 1. The highest BCUT2D eigenvalue weighted by Gasteiger charge is 2.42. The van der Waals surface area contributed by atoms with Gasteiger partial charge in [0.15, 0.2) is 9.84 Å². The first-order valence-corrected chi connectivity index (χ1v) is 12.7. The van der Waals surface area contributed by atoms with Crippen LogP contribution in [0.3, 0.4) is 0 Å². The molecule has 0 saturated carbocycles. The molecule has 2 aromatic rings. The molecule has 9 heteroatoms. The Hall–Kier alpha value is -3.20. The molecule has 2 N–H and O–H groups in total. The molecule has 3 rings (SSSR count). The minimum Gasteiger partial charge on any atom is -0.494 e. The van der Waals surface area contributed by atoms with Gasteiger partial charge in [-0.2, -0.15) is 0 Å². The zero-order chi connectivity index (χ0) is 24.1. The molecule has 1 aliphatic rings. The Morgan fingerprint density at radius 1 is 1.09 bits per heavy atom. The largest absolute Gasteiger partial charge is 0.494 e. The lowest BCUT2D eigenvalue weighted by atomic mass is 9.72. The smallest absolute Gasteiger partial charge is 0.237 e. The van der Waals surface area contributed by atoms with E-state index in [1.54, 1.807) is 24.3 Å². The van der Waals surface area contributed by atoms with Crippen LogP contribution in [0.15, 0.2) is 53.4 Å². The lowest BCUT2D eigenvalue weighted by molar-refractivity contribution is -0.138. The topological polar surface area (TPSA) is 119 Å². The van der Waals surface area contributed by atoms with Gasteiger partial charge in [0.1, 0.15) is 5.75 Å². The number of hydrogen-bond donors (Lipinski definition) is 2. The SMILES string of the molecule is CCC1(c2ccc(NC(=O)CCCOc3ccc(S(C)(=O)=O)cc3)cc2)CCC(=O)NC1=O. The third-order valence-corrected chi connectivity index (χ3v) is 6.99. The maximum atomic E-state index is 12.5. The molecule has 3 amide bonds. The summed E-state index contributed by atoms with van der Waals surface area (Å²) >= 11 is 0. The number of benzene rings is 2. The summed E-state index contributed by atoms with van der Waals surface area (Å²) in [5.41, 5.74) is 0.718. The average molecular weight is 473 g/mol. The molecule has 1 heterocycles. The predicted octanol–water partition coefficient (Wildman–Crippen LogP) is 2.97. The molecule has 1 unspecified atom stereocenters. The van der Waals surface area contributed by atoms with Crippen molar-refractivity contribution >= 4 is 33.2 Å². The van der Waals surface area contributed by atoms with Crippen molar-refractivity contribution in [3.63, 3.8) is 0 Å². The van der Waals surface area contributed by atoms with E-state index in [2.05, 4.69) is 10.6 Å². The van der Waals surface area contributed by atoms with Crippen LogP contribution >= 0.6 is 0 Å². The molecule has 1 fully saturated rings. The van der Waals surface area contributed by atoms with E-state index in [4.69, 9.17) is 4.74 Å². The monoisotopic (exact) mass is 472 g/mol. The molecule has 0 spiro atoms. The predicted molar refractivity (Wildman–Crippen MR) is 124 cm³/mol. The summed E-state index contributed by atoms with van der Waals surface area (Å²) in [5, 5.41) is 5.26. The molecule has 33 heavy (non-hydrogen) atoms. The number of amides is 3. The zero-order valence-corrected chi connectivity index (χ0v) is 19.5. The van der Waals surface area contributed by atoms with Gasteiger partial charge in [-0.3, -0.25) is 19.7 Å². The number of anilines is 1. The highest BCUT2D eigenvalue weighted by atomic mass is 32.2. The number of nitrogens with one attached hydrogen (secondary N) is 2. The van der Waals surface area contributed by atoms with Crippen LogP contribution in [0.4, 0.5) is 5.69 Å². The van der Waals surface area contributed by atoms with Gasteiger partial charge in [-0.05, 0) is 61.2 Å². The molecule has 1 aliphatic heterocycles. The van der Waals surface area contributed by atoms with Gasteiger partial charge in [-0.1, -0.05) is 19.1 Å². The molecule has 0 bridgehead atoms.